The van der Waals surface area contributed by atoms with Gasteiger partial charge in [0.15, 0.2) is 17.5 Å². The summed E-state index contributed by atoms with van der Waals surface area (Å²) in [5.41, 5.74) is -1.01. The van der Waals surface area contributed by atoms with Gasteiger partial charge < -0.3 is 0 Å². The molecule has 1 aliphatic rings. The Balaban J connectivity index is 2.29. The van der Waals surface area contributed by atoms with Crippen LogP contribution in [0.3, 0.4) is 0 Å². The molecule has 1 aliphatic heterocycles. The highest BCUT2D eigenvalue weighted by atomic mass is 19.2. The Morgan fingerprint density at radius 3 is 2.21 bits per heavy atom. The second-order valence-electron chi connectivity index (χ2n) is 4.87. The number of rotatable bonds is 2. The first-order valence-corrected chi connectivity index (χ1v) is 6.69. The predicted octanol–water partition coefficient (Wildman–Crippen LogP) is 2.95. The minimum atomic E-state index is -1.77. The number of halogens is 3. The average Bonchev–Trinajstić information content (AvgIpc) is 2.85. The van der Waals surface area contributed by atoms with E-state index in [2.05, 4.69) is 0 Å². The van der Waals surface area contributed by atoms with Gasteiger partial charge >= 0.3 is 5.91 Å². The third-order valence-corrected chi connectivity index (χ3v) is 3.50. The molecule has 1 amide bonds. The smallest absolute Gasteiger partial charge is 0.282 e. The molecule has 0 fully saturated rings. The van der Waals surface area contributed by atoms with E-state index >= 15 is 0 Å². The Kier molecular flexibility index (Phi) is 3.66. The molecule has 0 radical (unpaired) electrons. The third kappa shape index (κ3) is 2.16. The van der Waals surface area contributed by atoms with Crippen LogP contribution >= 0.6 is 0 Å². The van der Waals surface area contributed by atoms with E-state index in [9.17, 15) is 28.0 Å². The van der Waals surface area contributed by atoms with Crippen molar-refractivity contribution >= 4 is 23.1 Å². The predicted molar refractivity (Wildman–Crippen MR) is 77.8 cm³/mol. The molecule has 0 aromatic heterocycles. The van der Waals surface area contributed by atoms with Gasteiger partial charge in [0.25, 0.3) is 5.78 Å². The third-order valence-electron chi connectivity index (χ3n) is 3.50. The molecule has 118 valence electrons. The van der Waals surface area contributed by atoms with Crippen LogP contribution in [0.2, 0.25) is 0 Å². The van der Waals surface area contributed by atoms with E-state index in [1.165, 1.54) is 12.1 Å². The summed E-state index contributed by atoms with van der Waals surface area (Å²) in [5, 5.41) is 9.18. The maximum absolute atomic E-state index is 14.1. The molecule has 0 aliphatic carbocycles. The highest BCUT2D eigenvalue weighted by Gasteiger charge is 2.41. The van der Waals surface area contributed by atoms with Crippen molar-refractivity contribution in [3.05, 3.63) is 71.1 Å². The van der Waals surface area contributed by atoms with E-state index in [0.717, 1.165) is 6.07 Å². The maximum atomic E-state index is 14.1. The minimum absolute atomic E-state index is 0.169. The lowest BCUT2D eigenvalue weighted by Crippen LogP contribution is -2.29. The number of nitriles is 1. The molecule has 4 nitrogen and oxygen atoms in total. The van der Waals surface area contributed by atoms with Crippen LogP contribution in [0, 0.1) is 28.8 Å². The van der Waals surface area contributed by atoms with Gasteiger partial charge in [0, 0.05) is 5.56 Å². The molecule has 0 saturated heterocycles. The van der Waals surface area contributed by atoms with Gasteiger partial charge in [0.2, 0.25) is 0 Å². The van der Waals surface area contributed by atoms with Crippen LogP contribution in [0.4, 0.5) is 18.9 Å². The molecule has 24 heavy (non-hydrogen) atoms. The van der Waals surface area contributed by atoms with E-state index < -0.39 is 40.4 Å². The number of ketones is 1. The van der Waals surface area contributed by atoms with Crippen LogP contribution in [0.15, 0.2) is 48.0 Å². The number of carbonyl (C=O) groups is 2. The van der Waals surface area contributed by atoms with Crippen molar-refractivity contribution in [2.24, 2.45) is 0 Å². The average molecular weight is 328 g/mol. The van der Waals surface area contributed by atoms with Crippen molar-refractivity contribution in [1.82, 2.24) is 0 Å². The van der Waals surface area contributed by atoms with Crippen LogP contribution < -0.4 is 4.90 Å². The number of hydrogen-bond donors (Lipinski definition) is 0. The Bertz CT molecular complexity index is 946. The van der Waals surface area contributed by atoms with Crippen LogP contribution in [-0.4, -0.2) is 11.7 Å². The van der Waals surface area contributed by atoms with Gasteiger partial charge in [-0.15, -0.1) is 0 Å². The Morgan fingerprint density at radius 2 is 1.58 bits per heavy atom. The standard InChI is InChI=1S/C17H7F3N2O2/c18-11-6-7-12(14(20)13(11)19)22-15(9-4-2-1-3-5-9)10(8-21)16(23)17(22)24/h1-7H. The number of hydrogen-bond acceptors (Lipinski definition) is 3. The van der Waals surface area contributed by atoms with Crippen molar-refractivity contribution < 1.29 is 22.8 Å². The van der Waals surface area contributed by atoms with Gasteiger partial charge in [-0.3, -0.25) is 14.5 Å². The second kappa shape index (κ2) is 5.66. The fraction of sp³-hybridized carbons (Fsp3) is 0. The topological polar surface area (TPSA) is 61.2 Å². The Morgan fingerprint density at radius 1 is 0.917 bits per heavy atom. The zero-order chi connectivity index (χ0) is 17.4. The fourth-order valence-electron chi connectivity index (χ4n) is 2.42. The number of nitrogens with zero attached hydrogens (tertiary/aromatic N) is 2. The lowest BCUT2D eigenvalue weighted by atomic mass is 10.1. The van der Waals surface area contributed by atoms with Crippen molar-refractivity contribution in [3.63, 3.8) is 0 Å². The molecule has 0 unspecified atom stereocenters. The molecule has 0 spiro atoms. The zero-order valence-electron chi connectivity index (χ0n) is 11.9. The molecular formula is C17H7F3N2O2. The lowest BCUT2D eigenvalue weighted by Gasteiger charge is -2.20. The zero-order valence-corrected chi connectivity index (χ0v) is 11.9. The monoisotopic (exact) mass is 328 g/mol. The summed E-state index contributed by atoms with van der Waals surface area (Å²) < 4.78 is 40.8. The molecule has 7 heteroatoms. The molecule has 2 aromatic carbocycles. The minimum Gasteiger partial charge on any atom is -0.282 e. The normalized spacial score (nSPS) is 14.3. The van der Waals surface area contributed by atoms with E-state index in [0.29, 0.717) is 11.0 Å². The largest absolute Gasteiger partial charge is 0.304 e. The summed E-state index contributed by atoms with van der Waals surface area (Å²) >= 11 is 0. The summed E-state index contributed by atoms with van der Waals surface area (Å²) in [6, 6.07) is 10.9. The van der Waals surface area contributed by atoms with E-state index in [4.69, 9.17) is 0 Å². The van der Waals surface area contributed by atoms with Crippen molar-refractivity contribution in [3.8, 4) is 6.07 Å². The highest BCUT2D eigenvalue weighted by molar-refractivity contribution is 6.55. The molecule has 1 heterocycles. The van der Waals surface area contributed by atoms with E-state index in [1.54, 1.807) is 24.3 Å². The lowest BCUT2D eigenvalue weighted by molar-refractivity contribution is -0.132. The van der Waals surface area contributed by atoms with Crippen molar-refractivity contribution in [1.29, 1.82) is 5.26 Å². The van der Waals surface area contributed by atoms with Gasteiger partial charge in [0.1, 0.15) is 11.6 Å². The molecule has 0 atom stereocenters. The molecule has 0 N–H and O–H groups in total. The summed E-state index contributed by atoms with van der Waals surface area (Å²) in [4.78, 5) is 24.8. The Labute approximate surface area is 134 Å². The number of benzene rings is 2. The fourth-order valence-corrected chi connectivity index (χ4v) is 2.42. The van der Waals surface area contributed by atoms with Gasteiger partial charge in [-0.1, -0.05) is 30.3 Å². The molecule has 2 aromatic rings. The first-order chi connectivity index (χ1) is 11.5. The summed E-state index contributed by atoms with van der Waals surface area (Å²) in [6.45, 7) is 0. The summed E-state index contributed by atoms with van der Waals surface area (Å²) in [6.07, 6.45) is 0. The van der Waals surface area contributed by atoms with Gasteiger partial charge in [-0.25, -0.2) is 13.2 Å². The first kappa shape index (κ1) is 15.5. The molecular weight excluding hydrogens is 321 g/mol. The number of anilines is 1. The van der Waals surface area contributed by atoms with E-state index in [1.807, 2.05) is 0 Å². The van der Waals surface area contributed by atoms with Gasteiger partial charge in [-0.05, 0) is 12.1 Å². The number of amides is 1. The SMILES string of the molecule is N#CC1=C(c2ccccc2)N(c2ccc(F)c(F)c2F)C(=O)C1=O. The molecule has 0 bridgehead atoms. The van der Waals surface area contributed by atoms with Crippen LogP contribution in [0.1, 0.15) is 5.56 Å². The first-order valence-electron chi connectivity index (χ1n) is 6.69. The van der Waals surface area contributed by atoms with Crippen LogP contribution in [-0.2, 0) is 9.59 Å². The summed E-state index contributed by atoms with van der Waals surface area (Å²) in [7, 11) is 0. The number of carbonyl (C=O) groups excluding carboxylic acids is 2. The van der Waals surface area contributed by atoms with Crippen LogP contribution in [0.25, 0.3) is 5.70 Å². The molecule has 3 rings (SSSR count). The van der Waals surface area contributed by atoms with Crippen molar-refractivity contribution in [2.45, 2.75) is 0 Å². The van der Waals surface area contributed by atoms with Gasteiger partial charge in [0.05, 0.1) is 11.4 Å². The Hall–Kier alpha value is -3.40. The molecule has 0 saturated carbocycles. The highest BCUT2D eigenvalue weighted by Crippen LogP contribution is 2.36. The quantitative estimate of drug-likeness (QED) is 0.629. The maximum Gasteiger partial charge on any atom is 0.304 e. The van der Waals surface area contributed by atoms with Crippen molar-refractivity contribution in [2.75, 3.05) is 4.90 Å². The number of Topliss-reactive ketones (excluding diaryl/α,β-unsaturated/α-hetero) is 1. The van der Waals surface area contributed by atoms with Gasteiger partial charge in [-0.2, -0.15) is 5.26 Å². The second-order valence-corrected chi connectivity index (χ2v) is 4.87. The summed E-state index contributed by atoms with van der Waals surface area (Å²) in [5.74, 6) is -7.18. The van der Waals surface area contributed by atoms with E-state index in [-0.39, 0.29) is 11.3 Å². The van der Waals surface area contributed by atoms with Crippen LogP contribution in [0.5, 0.6) is 0 Å².